The molecular formula is C13H11N3O3S. The molecule has 1 aliphatic heterocycles. The van der Waals surface area contributed by atoms with Crippen LogP contribution in [-0.2, 0) is 17.2 Å². The molecule has 0 amide bonds. The predicted molar refractivity (Wildman–Crippen MR) is 70.6 cm³/mol. The van der Waals surface area contributed by atoms with Crippen molar-refractivity contribution in [2.45, 2.75) is 18.7 Å². The quantitative estimate of drug-likeness (QED) is 0.688. The molecule has 0 saturated heterocycles. The summed E-state index contributed by atoms with van der Waals surface area (Å²) in [6, 6.07) is 3.73. The van der Waals surface area contributed by atoms with Crippen molar-refractivity contribution in [2.75, 3.05) is 0 Å². The van der Waals surface area contributed by atoms with Crippen LogP contribution in [0.25, 0.3) is 11.3 Å². The van der Waals surface area contributed by atoms with Gasteiger partial charge in [0.15, 0.2) is 10.6 Å². The fourth-order valence-corrected chi connectivity index (χ4v) is 3.56. The van der Waals surface area contributed by atoms with Gasteiger partial charge < -0.3 is 4.18 Å². The van der Waals surface area contributed by atoms with E-state index in [1.807, 2.05) is 0 Å². The zero-order chi connectivity index (χ0) is 14.7. The zero-order valence-corrected chi connectivity index (χ0v) is 11.9. The molecule has 0 fully saturated rings. The van der Waals surface area contributed by atoms with Crippen molar-refractivity contribution >= 4 is 10.1 Å². The topological polar surface area (TPSA) is 85.0 Å². The van der Waals surface area contributed by atoms with E-state index in [1.54, 1.807) is 27.0 Å². The van der Waals surface area contributed by atoms with Gasteiger partial charge in [0, 0.05) is 13.2 Å². The second-order valence-electron chi connectivity index (χ2n) is 4.74. The first-order valence-electron chi connectivity index (χ1n) is 5.88. The Labute approximate surface area is 116 Å². The molecule has 0 N–H and O–H groups in total. The van der Waals surface area contributed by atoms with Gasteiger partial charge in [0.1, 0.15) is 5.69 Å². The molecule has 0 aliphatic carbocycles. The molecule has 1 aliphatic rings. The van der Waals surface area contributed by atoms with Gasteiger partial charge in [-0.3, -0.25) is 4.68 Å². The largest absolute Gasteiger partial charge is 0.378 e. The molecule has 0 bridgehead atoms. The van der Waals surface area contributed by atoms with Gasteiger partial charge in [-0.05, 0) is 31.0 Å². The molecule has 0 radical (unpaired) electrons. The minimum atomic E-state index is -3.86. The number of rotatable bonds is 0. The van der Waals surface area contributed by atoms with Crippen LogP contribution in [0.1, 0.15) is 16.7 Å². The molecule has 0 saturated carbocycles. The average Bonchev–Trinajstić information content (AvgIpc) is 2.76. The molecule has 6 nitrogen and oxygen atoms in total. The van der Waals surface area contributed by atoms with Gasteiger partial charge in [0.25, 0.3) is 0 Å². The second kappa shape index (κ2) is 3.84. The van der Waals surface area contributed by atoms with Crippen molar-refractivity contribution in [3.8, 4) is 23.1 Å². The summed E-state index contributed by atoms with van der Waals surface area (Å²) in [6.45, 7) is 3.47. The van der Waals surface area contributed by atoms with Gasteiger partial charge >= 0.3 is 10.1 Å². The van der Waals surface area contributed by atoms with Crippen molar-refractivity contribution in [2.24, 2.45) is 7.05 Å². The Balaban J connectivity index is 2.49. The van der Waals surface area contributed by atoms with E-state index in [4.69, 9.17) is 9.44 Å². The SMILES string of the molecule is Cc1cc(C#N)c(C)c2c1OS(=O)(=O)c1cn(C)nc1-2. The minimum absolute atomic E-state index is 0.0325. The smallest absolute Gasteiger partial charge is 0.343 e. The maximum atomic E-state index is 12.1. The third-order valence-electron chi connectivity index (χ3n) is 3.34. The molecule has 2 aromatic rings. The maximum absolute atomic E-state index is 12.1. The molecule has 2 heterocycles. The lowest BCUT2D eigenvalue weighted by Gasteiger charge is -2.20. The Morgan fingerprint density at radius 1 is 1.40 bits per heavy atom. The van der Waals surface area contributed by atoms with Gasteiger partial charge in [-0.25, -0.2) is 0 Å². The van der Waals surface area contributed by atoms with Crippen LogP contribution in [0.15, 0.2) is 17.2 Å². The van der Waals surface area contributed by atoms with Crippen LogP contribution in [0.3, 0.4) is 0 Å². The summed E-state index contributed by atoms with van der Waals surface area (Å²) in [7, 11) is -2.22. The van der Waals surface area contributed by atoms with E-state index in [0.29, 0.717) is 27.9 Å². The second-order valence-corrected chi connectivity index (χ2v) is 6.25. The molecule has 102 valence electrons. The van der Waals surface area contributed by atoms with E-state index in [1.165, 1.54) is 10.9 Å². The van der Waals surface area contributed by atoms with E-state index in [9.17, 15) is 8.42 Å². The summed E-state index contributed by atoms with van der Waals surface area (Å²) in [4.78, 5) is 0.0325. The van der Waals surface area contributed by atoms with E-state index < -0.39 is 10.1 Å². The van der Waals surface area contributed by atoms with Crippen molar-refractivity contribution in [1.82, 2.24) is 9.78 Å². The first-order chi connectivity index (χ1) is 9.35. The van der Waals surface area contributed by atoms with E-state index in [2.05, 4.69) is 11.2 Å². The molecule has 1 aromatic heterocycles. The van der Waals surface area contributed by atoms with E-state index in [-0.39, 0.29) is 10.6 Å². The van der Waals surface area contributed by atoms with Crippen LogP contribution in [0.5, 0.6) is 5.75 Å². The number of hydrogen-bond donors (Lipinski definition) is 0. The first kappa shape index (κ1) is 12.7. The van der Waals surface area contributed by atoms with Gasteiger partial charge in [0.05, 0.1) is 17.2 Å². The number of benzene rings is 1. The van der Waals surface area contributed by atoms with Crippen LogP contribution < -0.4 is 4.18 Å². The molecule has 1 aromatic carbocycles. The lowest BCUT2D eigenvalue weighted by atomic mass is 9.96. The van der Waals surface area contributed by atoms with Crippen LogP contribution >= 0.6 is 0 Å². The highest BCUT2D eigenvalue weighted by Crippen LogP contribution is 2.44. The van der Waals surface area contributed by atoms with Gasteiger partial charge in [0.2, 0.25) is 0 Å². The highest BCUT2D eigenvalue weighted by Gasteiger charge is 2.35. The molecular weight excluding hydrogens is 278 g/mol. The Morgan fingerprint density at radius 3 is 2.75 bits per heavy atom. The van der Waals surface area contributed by atoms with Crippen molar-refractivity contribution < 1.29 is 12.6 Å². The summed E-state index contributed by atoms with van der Waals surface area (Å²) < 4.78 is 30.9. The summed E-state index contributed by atoms with van der Waals surface area (Å²) in [5.74, 6) is 0.257. The number of hydrogen-bond acceptors (Lipinski definition) is 5. The monoisotopic (exact) mass is 289 g/mol. The first-order valence-corrected chi connectivity index (χ1v) is 7.29. The third-order valence-corrected chi connectivity index (χ3v) is 4.56. The lowest BCUT2D eigenvalue weighted by Crippen LogP contribution is -2.17. The third kappa shape index (κ3) is 1.55. The summed E-state index contributed by atoms with van der Waals surface area (Å²) in [5, 5.41) is 13.4. The number of nitriles is 1. The predicted octanol–water partition coefficient (Wildman–Crippen LogP) is 1.66. The molecule has 20 heavy (non-hydrogen) atoms. The van der Waals surface area contributed by atoms with E-state index in [0.717, 1.165) is 0 Å². The number of nitrogens with zero attached hydrogens (tertiary/aromatic N) is 3. The minimum Gasteiger partial charge on any atom is -0.378 e. The van der Waals surface area contributed by atoms with Crippen molar-refractivity contribution in [3.63, 3.8) is 0 Å². The normalized spacial score (nSPS) is 14.9. The summed E-state index contributed by atoms with van der Waals surface area (Å²) in [5.41, 5.74) is 2.67. The number of aromatic nitrogens is 2. The molecule has 0 atom stereocenters. The molecule has 0 spiro atoms. The summed E-state index contributed by atoms with van der Waals surface area (Å²) in [6.07, 6.45) is 1.40. The molecule has 3 rings (SSSR count). The van der Waals surface area contributed by atoms with Gasteiger partial charge in [-0.15, -0.1) is 0 Å². The summed E-state index contributed by atoms with van der Waals surface area (Å²) >= 11 is 0. The Hall–Kier alpha value is -2.33. The highest BCUT2D eigenvalue weighted by molar-refractivity contribution is 7.87. The van der Waals surface area contributed by atoms with Crippen molar-refractivity contribution in [3.05, 3.63) is 29.0 Å². The Morgan fingerprint density at radius 2 is 2.10 bits per heavy atom. The van der Waals surface area contributed by atoms with Crippen LogP contribution in [0.4, 0.5) is 0 Å². The highest BCUT2D eigenvalue weighted by atomic mass is 32.2. The number of aryl methyl sites for hydroxylation is 2. The zero-order valence-electron chi connectivity index (χ0n) is 11.1. The van der Waals surface area contributed by atoms with Gasteiger partial charge in [-0.2, -0.15) is 18.8 Å². The average molecular weight is 289 g/mol. The van der Waals surface area contributed by atoms with Crippen LogP contribution in [0, 0.1) is 25.2 Å². The van der Waals surface area contributed by atoms with Crippen molar-refractivity contribution in [1.29, 1.82) is 5.26 Å². The molecule has 0 unspecified atom stereocenters. The fraction of sp³-hybridized carbons (Fsp3) is 0.231. The molecule has 7 heteroatoms. The van der Waals surface area contributed by atoms with Gasteiger partial charge in [-0.1, -0.05) is 0 Å². The Kier molecular flexibility index (Phi) is 2.43. The van der Waals surface area contributed by atoms with Crippen LogP contribution in [-0.4, -0.2) is 18.2 Å². The van der Waals surface area contributed by atoms with Crippen LogP contribution in [0.2, 0.25) is 0 Å². The number of fused-ring (bicyclic) bond motifs is 3. The standard InChI is InChI=1S/C13H11N3O3S/c1-7-4-9(5-14)8(2)11-12-10(6-16(3)15-12)20(17,18)19-13(7)11/h4,6H,1-3H3. The Bertz CT molecular complexity index is 889. The lowest BCUT2D eigenvalue weighted by molar-refractivity contribution is 0.481. The van der Waals surface area contributed by atoms with E-state index >= 15 is 0 Å². The maximum Gasteiger partial charge on any atom is 0.343 e. The fourth-order valence-electron chi connectivity index (χ4n) is 2.38.